The fourth-order valence-corrected chi connectivity index (χ4v) is 4.29. The van der Waals surface area contributed by atoms with Gasteiger partial charge in [-0.1, -0.05) is 32.0 Å². The second kappa shape index (κ2) is 8.03. The average molecular weight is 394 g/mol. The molecule has 0 amide bonds. The van der Waals surface area contributed by atoms with Crippen LogP contribution < -0.4 is 5.56 Å². The number of likely N-dealkylation sites (tertiary alicyclic amines) is 1. The van der Waals surface area contributed by atoms with Gasteiger partial charge < -0.3 is 0 Å². The summed E-state index contributed by atoms with van der Waals surface area (Å²) in [5.74, 6) is 0.983. The SMILES string of the molecule is Cc1c(CN2CCC(c3cc(C(C)C)n[nH]3)CC2)c(=O)n(-c2ccccc2)n1C. The summed E-state index contributed by atoms with van der Waals surface area (Å²) in [6.07, 6.45) is 2.19. The van der Waals surface area contributed by atoms with Crippen LogP contribution in [0.4, 0.5) is 0 Å². The van der Waals surface area contributed by atoms with E-state index in [1.165, 1.54) is 5.69 Å². The molecule has 6 heteroatoms. The summed E-state index contributed by atoms with van der Waals surface area (Å²) in [5.41, 5.74) is 5.34. The Morgan fingerprint density at radius 3 is 2.48 bits per heavy atom. The van der Waals surface area contributed by atoms with Crippen molar-refractivity contribution in [1.29, 1.82) is 0 Å². The summed E-state index contributed by atoms with van der Waals surface area (Å²) < 4.78 is 3.74. The van der Waals surface area contributed by atoms with Crippen LogP contribution in [0.25, 0.3) is 5.69 Å². The first kappa shape index (κ1) is 19.7. The van der Waals surface area contributed by atoms with E-state index in [1.807, 2.05) is 49.0 Å². The quantitative estimate of drug-likeness (QED) is 0.719. The minimum absolute atomic E-state index is 0.0912. The van der Waals surface area contributed by atoms with E-state index < -0.39 is 0 Å². The molecule has 0 atom stereocenters. The molecule has 0 saturated carbocycles. The van der Waals surface area contributed by atoms with Crippen molar-refractivity contribution < 1.29 is 0 Å². The number of hydrogen-bond donors (Lipinski definition) is 1. The summed E-state index contributed by atoms with van der Waals surface area (Å²) in [6, 6.07) is 12.1. The molecule has 1 aromatic carbocycles. The van der Waals surface area contributed by atoms with E-state index in [0.717, 1.165) is 48.6 Å². The molecule has 0 unspecified atom stereocenters. The lowest BCUT2D eigenvalue weighted by molar-refractivity contribution is 0.202. The van der Waals surface area contributed by atoms with E-state index in [0.29, 0.717) is 18.4 Å². The molecule has 1 aliphatic rings. The molecular weight excluding hydrogens is 362 g/mol. The Kier molecular flexibility index (Phi) is 5.46. The third-order valence-electron chi connectivity index (χ3n) is 6.29. The van der Waals surface area contributed by atoms with Crippen LogP contribution in [0.15, 0.2) is 41.2 Å². The van der Waals surface area contributed by atoms with Gasteiger partial charge in [-0.25, -0.2) is 4.68 Å². The number of benzene rings is 1. The molecule has 6 nitrogen and oxygen atoms in total. The summed E-state index contributed by atoms with van der Waals surface area (Å²) in [7, 11) is 1.96. The molecule has 0 radical (unpaired) electrons. The lowest BCUT2D eigenvalue weighted by Gasteiger charge is -2.31. The van der Waals surface area contributed by atoms with Crippen LogP contribution in [0.3, 0.4) is 0 Å². The Bertz CT molecular complexity index is 1020. The monoisotopic (exact) mass is 393 g/mol. The molecule has 4 rings (SSSR count). The molecule has 1 fully saturated rings. The molecule has 3 heterocycles. The van der Waals surface area contributed by atoms with Crippen molar-refractivity contribution in [2.45, 2.75) is 52.0 Å². The molecule has 29 heavy (non-hydrogen) atoms. The maximum Gasteiger partial charge on any atom is 0.276 e. The molecule has 0 aliphatic carbocycles. The molecule has 1 saturated heterocycles. The first-order valence-electron chi connectivity index (χ1n) is 10.6. The minimum Gasteiger partial charge on any atom is -0.299 e. The van der Waals surface area contributed by atoms with Gasteiger partial charge in [0.15, 0.2) is 0 Å². The second-order valence-corrected chi connectivity index (χ2v) is 8.49. The number of para-hydroxylation sites is 1. The van der Waals surface area contributed by atoms with Crippen LogP contribution in [0.1, 0.15) is 61.2 Å². The highest BCUT2D eigenvalue weighted by atomic mass is 16.1. The Labute approximate surface area is 172 Å². The third kappa shape index (κ3) is 3.81. The highest BCUT2D eigenvalue weighted by molar-refractivity contribution is 5.33. The van der Waals surface area contributed by atoms with E-state index in [1.54, 1.807) is 4.68 Å². The molecule has 1 N–H and O–H groups in total. The van der Waals surface area contributed by atoms with E-state index in [4.69, 9.17) is 0 Å². The lowest BCUT2D eigenvalue weighted by atomic mass is 9.92. The number of H-pyrrole nitrogens is 1. The minimum atomic E-state index is 0.0912. The van der Waals surface area contributed by atoms with Gasteiger partial charge >= 0.3 is 0 Å². The predicted octanol–water partition coefficient (Wildman–Crippen LogP) is 3.71. The van der Waals surface area contributed by atoms with Crippen LogP contribution in [0, 0.1) is 6.92 Å². The predicted molar refractivity (Wildman–Crippen MR) is 116 cm³/mol. The number of aromatic nitrogens is 4. The van der Waals surface area contributed by atoms with Crippen molar-refractivity contribution >= 4 is 0 Å². The molecular formula is C23H31N5O. The van der Waals surface area contributed by atoms with Gasteiger partial charge in [-0.05, 0) is 57.0 Å². The summed E-state index contributed by atoms with van der Waals surface area (Å²) in [6.45, 7) is 9.10. The maximum absolute atomic E-state index is 13.1. The number of nitrogens with zero attached hydrogens (tertiary/aromatic N) is 4. The number of hydrogen-bond acceptors (Lipinski definition) is 3. The third-order valence-corrected chi connectivity index (χ3v) is 6.29. The van der Waals surface area contributed by atoms with Gasteiger partial charge in [0.2, 0.25) is 0 Å². The van der Waals surface area contributed by atoms with Crippen molar-refractivity contribution in [2.75, 3.05) is 13.1 Å². The van der Waals surface area contributed by atoms with Crippen molar-refractivity contribution in [1.82, 2.24) is 24.5 Å². The summed E-state index contributed by atoms with van der Waals surface area (Å²) in [5, 5.41) is 7.70. The van der Waals surface area contributed by atoms with Crippen LogP contribution in [0.2, 0.25) is 0 Å². The average Bonchev–Trinajstić information content (AvgIpc) is 3.30. The Morgan fingerprint density at radius 1 is 1.17 bits per heavy atom. The van der Waals surface area contributed by atoms with E-state index in [9.17, 15) is 4.79 Å². The topological polar surface area (TPSA) is 58.9 Å². The molecule has 2 aromatic heterocycles. The van der Waals surface area contributed by atoms with Crippen LogP contribution in [0.5, 0.6) is 0 Å². The van der Waals surface area contributed by atoms with Crippen molar-refractivity contribution in [3.05, 3.63) is 69.4 Å². The van der Waals surface area contributed by atoms with Gasteiger partial charge in [-0.3, -0.25) is 19.5 Å². The summed E-state index contributed by atoms with van der Waals surface area (Å²) in [4.78, 5) is 15.6. The smallest absolute Gasteiger partial charge is 0.276 e. The van der Waals surface area contributed by atoms with Gasteiger partial charge in [-0.2, -0.15) is 5.10 Å². The van der Waals surface area contributed by atoms with Gasteiger partial charge in [0, 0.05) is 30.9 Å². The van der Waals surface area contributed by atoms with Crippen LogP contribution in [-0.4, -0.2) is 37.6 Å². The van der Waals surface area contributed by atoms with Crippen molar-refractivity contribution in [3.8, 4) is 5.69 Å². The zero-order valence-corrected chi connectivity index (χ0v) is 17.9. The highest BCUT2D eigenvalue weighted by Gasteiger charge is 2.25. The number of aromatic amines is 1. The zero-order chi connectivity index (χ0) is 20.5. The Hall–Kier alpha value is -2.60. The molecule has 0 bridgehead atoms. The number of nitrogens with one attached hydrogen (secondary N) is 1. The fourth-order valence-electron chi connectivity index (χ4n) is 4.29. The molecule has 154 valence electrons. The first-order chi connectivity index (χ1) is 14.0. The molecule has 3 aromatic rings. The van der Waals surface area contributed by atoms with Gasteiger partial charge in [0.05, 0.1) is 16.9 Å². The maximum atomic E-state index is 13.1. The normalized spacial score (nSPS) is 16.0. The van der Waals surface area contributed by atoms with Crippen molar-refractivity contribution in [2.24, 2.45) is 7.05 Å². The second-order valence-electron chi connectivity index (χ2n) is 8.49. The fraction of sp³-hybridized carbons (Fsp3) is 0.478. The van der Waals surface area contributed by atoms with Crippen LogP contribution >= 0.6 is 0 Å². The van der Waals surface area contributed by atoms with E-state index in [2.05, 4.69) is 35.0 Å². The first-order valence-corrected chi connectivity index (χ1v) is 10.6. The highest BCUT2D eigenvalue weighted by Crippen LogP contribution is 2.29. The zero-order valence-electron chi connectivity index (χ0n) is 17.9. The van der Waals surface area contributed by atoms with E-state index >= 15 is 0 Å². The van der Waals surface area contributed by atoms with E-state index in [-0.39, 0.29) is 5.56 Å². The largest absolute Gasteiger partial charge is 0.299 e. The standard InChI is InChI=1S/C23H31N5O/c1-16(2)21-14-22(25-24-21)18-10-12-27(13-11-18)15-20-17(3)26(4)28(23(20)29)19-8-6-5-7-9-19/h5-9,14,16,18H,10-13,15H2,1-4H3,(H,24,25). The number of rotatable bonds is 5. The Morgan fingerprint density at radius 2 is 1.86 bits per heavy atom. The van der Waals surface area contributed by atoms with Crippen molar-refractivity contribution in [3.63, 3.8) is 0 Å². The summed E-state index contributed by atoms with van der Waals surface area (Å²) >= 11 is 0. The van der Waals surface area contributed by atoms with Gasteiger partial charge in [-0.15, -0.1) is 0 Å². The molecule has 0 spiro atoms. The lowest BCUT2D eigenvalue weighted by Crippen LogP contribution is -2.34. The van der Waals surface area contributed by atoms with Crippen LogP contribution in [-0.2, 0) is 13.6 Å². The Balaban J connectivity index is 1.46. The van der Waals surface area contributed by atoms with Gasteiger partial charge in [0.1, 0.15) is 0 Å². The van der Waals surface area contributed by atoms with Gasteiger partial charge in [0.25, 0.3) is 5.56 Å². The number of piperidine rings is 1. The molecule has 1 aliphatic heterocycles.